The van der Waals surface area contributed by atoms with E-state index in [-0.39, 0.29) is 23.9 Å². The Balaban J connectivity index is 2.57. The molecule has 1 aromatic carbocycles. The van der Waals surface area contributed by atoms with E-state index in [1.165, 1.54) is 18.9 Å². The maximum absolute atomic E-state index is 12.1. The second-order valence-electron chi connectivity index (χ2n) is 4.86. The first-order valence-electron chi connectivity index (χ1n) is 6.49. The predicted molar refractivity (Wildman–Crippen MR) is 81.2 cm³/mol. The third-order valence-corrected chi connectivity index (χ3v) is 3.64. The predicted octanol–water partition coefficient (Wildman–Crippen LogP) is 1.45. The zero-order valence-electron chi connectivity index (χ0n) is 12.4. The van der Waals surface area contributed by atoms with Gasteiger partial charge in [-0.1, -0.05) is 11.6 Å². The van der Waals surface area contributed by atoms with E-state index < -0.39 is 5.97 Å². The number of likely N-dealkylation sites (N-methyl/N-ethyl adjacent to an activating group) is 1. The quantitative estimate of drug-likeness (QED) is 0.675. The summed E-state index contributed by atoms with van der Waals surface area (Å²) in [4.78, 5) is 36.8. The molecule has 1 aliphatic heterocycles. The molecule has 0 fully saturated rings. The molecule has 1 N–H and O–H groups in total. The van der Waals surface area contributed by atoms with Crippen molar-refractivity contribution in [3.8, 4) is 0 Å². The molecule has 0 radical (unpaired) electrons. The SMILES string of the molecule is COC(=O)/C(CN(C)C(C)=O)=C1/NC(=O)c2ccc(Cl)cc21. The number of carbonyl (C=O) groups excluding carboxylic acids is 3. The summed E-state index contributed by atoms with van der Waals surface area (Å²) in [6.07, 6.45) is 0. The van der Waals surface area contributed by atoms with E-state index >= 15 is 0 Å². The summed E-state index contributed by atoms with van der Waals surface area (Å²) in [5.74, 6) is -1.15. The van der Waals surface area contributed by atoms with E-state index in [0.29, 0.717) is 21.8 Å². The van der Waals surface area contributed by atoms with Gasteiger partial charge in [0.1, 0.15) is 0 Å². The summed E-state index contributed by atoms with van der Waals surface area (Å²) in [6.45, 7) is 1.40. The van der Waals surface area contributed by atoms with Crippen LogP contribution in [-0.4, -0.2) is 43.4 Å². The third-order valence-electron chi connectivity index (χ3n) is 3.40. The van der Waals surface area contributed by atoms with Crippen molar-refractivity contribution in [3.63, 3.8) is 0 Å². The van der Waals surface area contributed by atoms with Crippen LogP contribution in [0.1, 0.15) is 22.8 Å². The first-order valence-corrected chi connectivity index (χ1v) is 6.87. The normalized spacial score (nSPS) is 15.0. The van der Waals surface area contributed by atoms with Crippen LogP contribution in [0, 0.1) is 0 Å². The van der Waals surface area contributed by atoms with Gasteiger partial charge in [-0.3, -0.25) is 9.59 Å². The van der Waals surface area contributed by atoms with Crippen LogP contribution in [0.2, 0.25) is 5.02 Å². The molecule has 0 saturated carbocycles. The Labute approximate surface area is 132 Å². The molecule has 1 aromatic rings. The highest BCUT2D eigenvalue weighted by Crippen LogP contribution is 2.30. The first-order chi connectivity index (χ1) is 10.3. The maximum Gasteiger partial charge on any atom is 0.337 e. The van der Waals surface area contributed by atoms with Gasteiger partial charge in [-0.25, -0.2) is 4.79 Å². The number of nitrogens with one attached hydrogen (secondary N) is 1. The fourth-order valence-corrected chi connectivity index (χ4v) is 2.30. The molecular weight excluding hydrogens is 308 g/mol. The van der Waals surface area contributed by atoms with Crippen LogP contribution in [-0.2, 0) is 14.3 Å². The number of esters is 1. The summed E-state index contributed by atoms with van der Waals surface area (Å²) in [5.41, 5.74) is 1.46. The van der Waals surface area contributed by atoms with E-state index in [2.05, 4.69) is 5.32 Å². The van der Waals surface area contributed by atoms with Crippen LogP contribution in [0.4, 0.5) is 0 Å². The van der Waals surface area contributed by atoms with E-state index in [1.54, 1.807) is 25.2 Å². The smallest absolute Gasteiger partial charge is 0.337 e. The molecule has 6 nitrogen and oxygen atoms in total. The molecule has 0 atom stereocenters. The molecule has 7 heteroatoms. The van der Waals surface area contributed by atoms with E-state index in [9.17, 15) is 14.4 Å². The van der Waals surface area contributed by atoms with Crippen LogP contribution in [0.25, 0.3) is 5.70 Å². The topological polar surface area (TPSA) is 75.7 Å². The molecule has 22 heavy (non-hydrogen) atoms. The monoisotopic (exact) mass is 322 g/mol. The Morgan fingerprint density at radius 1 is 1.32 bits per heavy atom. The Kier molecular flexibility index (Phi) is 4.51. The molecule has 116 valence electrons. The lowest BCUT2D eigenvalue weighted by atomic mass is 10.0. The molecule has 0 bridgehead atoms. The largest absolute Gasteiger partial charge is 0.466 e. The second kappa shape index (κ2) is 6.19. The number of halogens is 1. The minimum absolute atomic E-state index is 0.0174. The van der Waals surface area contributed by atoms with Gasteiger partial charge >= 0.3 is 5.97 Å². The van der Waals surface area contributed by atoms with Gasteiger partial charge in [0.15, 0.2) is 0 Å². The fraction of sp³-hybridized carbons (Fsp3) is 0.267. The van der Waals surface area contributed by atoms with Gasteiger partial charge in [-0.05, 0) is 18.2 Å². The highest BCUT2D eigenvalue weighted by molar-refractivity contribution is 6.31. The molecule has 1 aliphatic rings. The van der Waals surface area contributed by atoms with E-state index in [1.807, 2.05) is 0 Å². The van der Waals surface area contributed by atoms with Crippen molar-refractivity contribution in [2.45, 2.75) is 6.92 Å². The molecule has 1 heterocycles. The molecule has 2 rings (SSSR count). The van der Waals surface area contributed by atoms with Crippen LogP contribution in [0.15, 0.2) is 23.8 Å². The Morgan fingerprint density at radius 2 is 2.00 bits per heavy atom. The van der Waals surface area contributed by atoms with Gasteiger partial charge in [0.2, 0.25) is 5.91 Å². The number of methoxy groups -OCH3 is 1. The van der Waals surface area contributed by atoms with Crippen molar-refractivity contribution in [1.29, 1.82) is 0 Å². The lowest BCUT2D eigenvalue weighted by Gasteiger charge is -2.18. The van der Waals surface area contributed by atoms with Crippen LogP contribution in [0.5, 0.6) is 0 Å². The summed E-state index contributed by atoms with van der Waals surface area (Å²) in [7, 11) is 2.80. The highest BCUT2D eigenvalue weighted by atomic mass is 35.5. The van der Waals surface area contributed by atoms with Gasteiger partial charge in [0, 0.05) is 30.1 Å². The number of ether oxygens (including phenoxy) is 1. The first kappa shape index (κ1) is 16.0. The van der Waals surface area contributed by atoms with Crippen molar-refractivity contribution in [3.05, 3.63) is 39.9 Å². The van der Waals surface area contributed by atoms with E-state index in [0.717, 1.165) is 0 Å². The number of nitrogens with zero attached hydrogens (tertiary/aromatic N) is 1. The van der Waals surface area contributed by atoms with Crippen molar-refractivity contribution >= 4 is 35.1 Å². The highest BCUT2D eigenvalue weighted by Gasteiger charge is 2.30. The minimum Gasteiger partial charge on any atom is -0.466 e. The second-order valence-corrected chi connectivity index (χ2v) is 5.30. The average Bonchev–Trinajstić information content (AvgIpc) is 2.79. The summed E-state index contributed by atoms with van der Waals surface area (Å²) < 4.78 is 4.77. The van der Waals surface area contributed by atoms with Gasteiger partial charge < -0.3 is 15.0 Å². The van der Waals surface area contributed by atoms with Crippen LogP contribution >= 0.6 is 11.6 Å². The van der Waals surface area contributed by atoms with Crippen molar-refractivity contribution in [2.24, 2.45) is 0 Å². The Bertz CT molecular complexity index is 697. The standard InChI is InChI=1S/C15H15ClN2O4/c1-8(19)18(2)7-12(15(21)22-3)13-11-6-9(16)4-5-10(11)14(20)17-13/h4-6H,7H2,1-3H3,(H,17,20)/b13-12+. The molecule has 0 aromatic heterocycles. The zero-order chi connectivity index (χ0) is 16.4. The molecule has 0 aliphatic carbocycles. The molecule has 2 amide bonds. The van der Waals surface area contributed by atoms with Gasteiger partial charge in [-0.15, -0.1) is 0 Å². The fourth-order valence-electron chi connectivity index (χ4n) is 2.12. The lowest BCUT2D eigenvalue weighted by molar-refractivity contribution is -0.136. The molecule has 0 unspecified atom stereocenters. The molecule has 0 saturated heterocycles. The number of hydrogen-bond acceptors (Lipinski definition) is 4. The van der Waals surface area contributed by atoms with Gasteiger partial charge in [0.25, 0.3) is 5.91 Å². The van der Waals surface area contributed by atoms with Crippen LogP contribution in [0.3, 0.4) is 0 Å². The van der Waals surface area contributed by atoms with Gasteiger partial charge in [-0.2, -0.15) is 0 Å². The van der Waals surface area contributed by atoms with Crippen molar-refractivity contribution < 1.29 is 19.1 Å². The number of carbonyl (C=O) groups is 3. The maximum atomic E-state index is 12.1. The number of fused-ring (bicyclic) bond motifs is 1. The third kappa shape index (κ3) is 2.96. The van der Waals surface area contributed by atoms with Gasteiger partial charge in [0.05, 0.1) is 24.9 Å². The number of rotatable bonds is 3. The zero-order valence-corrected chi connectivity index (χ0v) is 13.2. The molecule has 0 spiro atoms. The minimum atomic E-state index is -0.615. The lowest BCUT2D eigenvalue weighted by Crippen LogP contribution is -2.30. The van der Waals surface area contributed by atoms with Crippen molar-refractivity contribution in [2.75, 3.05) is 20.7 Å². The number of amides is 2. The average molecular weight is 323 g/mol. The Morgan fingerprint density at radius 3 is 2.59 bits per heavy atom. The summed E-state index contributed by atoms with van der Waals surface area (Å²) in [6, 6.07) is 4.78. The number of benzene rings is 1. The Hall–Kier alpha value is -2.34. The molecular formula is C15H15ClN2O4. The van der Waals surface area contributed by atoms with Crippen LogP contribution < -0.4 is 5.32 Å². The number of hydrogen-bond donors (Lipinski definition) is 1. The van der Waals surface area contributed by atoms with E-state index in [4.69, 9.17) is 16.3 Å². The van der Waals surface area contributed by atoms with Crippen molar-refractivity contribution in [1.82, 2.24) is 10.2 Å². The summed E-state index contributed by atoms with van der Waals surface area (Å²) in [5, 5.41) is 3.09. The summed E-state index contributed by atoms with van der Waals surface area (Å²) >= 11 is 5.97.